The van der Waals surface area contributed by atoms with Gasteiger partial charge in [0.1, 0.15) is 0 Å². The van der Waals surface area contributed by atoms with Crippen LogP contribution in [-0.4, -0.2) is 37.1 Å². The first-order chi connectivity index (χ1) is 5.70. The van der Waals surface area contributed by atoms with Crippen molar-refractivity contribution < 1.29 is 9.53 Å². The van der Waals surface area contributed by atoms with Crippen LogP contribution in [0.25, 0.3) is 0 Å². The number of likely N-dealkylation sites (tertiary alicyclic amines) is 1. The van der Waals surface area contributed by atoms with Gasteiger partial charge in [-0.25, -0.2) is 0 Å². The Labute approximate surface area is 73.0 Å². The monoisotopic (exact) mass is 169 g/mol. The Hall–Kier alpha value is -0.830. The molecule has 1 aliphatic heterocycles. The molecule has 3 heteroatoms. The molecule has 3 nitrogen and oxygen atoms in total. The Kier molecular flexibility index (Phi) is 2.87. The first-order valence-corrected chi connectivity index (χ1v) is 4.12. The van der Waals surface area contributed by atoms with Gasteiger partial charge in [-0.3, -0.25) is 4.79 Å². The van der Waals surface area contributed by atoms with Gasteiger partial charge in [-0.15, -0.1) is 0 Å². The number of methoxy groups -OCH3 is 1. The maximum absolute atomic E-state index is 11.2. The van der Waals surface area contributed by atoms with Gasteiger partial charge in [0, 0.05) is 13.7 Å². The minimum atomic E-state index is 0.00940. The average Bonchev–Trinajstić information content (AvgIpc) is 2.09. The third-order valence-electron chi connectivity index (χ3n) is 2.34. The van der Waals surface area contributed by atoms with Crippen molar-refractivity contribution in [2.45, 2.75) is 13.0 Å². The third-order valence-corrected chi connectivity index (χ3v) is 2.34. The third kappa shape index (κ3) is 1.50. The highest BCUT2D eigenvalue weighted by atomic mass is 16.5. The molecule has 1 fully saturated rings. The lowest BCUT2D eigenvalue weighted by atomic mass is 9.91. The quantitative estimate of drug-likeness (QED) is 0.581. The van der Waals surface area contributed by atoms with E-state index >= 15 is 0 Å². The molecule has 0 N–H and O–H groups in total. The predicted molar refractivity (Wildman–Crippen MR) is 46.7 cm³/mol. The second-order valence-electron chi connectivity index (χ2n) is 3.19. The Bertz CT molecular complexity index is 191. The molecule has 0 bridgehead atoms. The molecule has 2 atom stereocenters. The van der Waals surface area contributed by atoms with E-state index in [0.717, 1.165) is 6.54 Å². The minimum Gasteiger partial charge on any atom is -0.383 e. The maximum atomic E-state index is 11.2. The van der Waals surface area contributed by atoms with Gasteiger partial charge in [0.05, 0.1) is 12.6 Å². The summed E-state index contributed by atoms with van der Waals surface area (Å²) in [5, 5.41) is 0. The van der Waals surface area contributed by atoms with E-state index in [1.807, 2.05) is 0 Å². The van der Waals surface area contributed by atoms with E-state index in [1.54, 1.807) is 12.0 Å². The number of ether oxygens (including phenoxy) is 1. The lowest BCUT2D eigenvalue weighted by Crippen LogP contribution is -2.59. The molecule has 12 heavy (non-hydrogen) atoms. The molecule has 1 saturated heterocycles. The van der Waals surface area contributed by atoms with Crippen molar-refractivity contribution in [3.05, 3.63) is 12.7 Å². The van der Waals surface area contributed by atoms with Crippen molar-refractivity contribution in [3.8, 4) is 0 Å². The van der Waals surface area contributed by atoms with Crippen LogP contribution in [-0.2, 0) is 9.53 Å². The lowest BCUT2D eigenvalue weighted by Gasteiger charge is -2.45. The van der Waals surface area contributed by atoms with Crippen molar-refractivity contribution in [2.24, 2.45) is 5.92 Å². The molecule has 0 aliphatic carbocycles. The fourth-order valence-electron chi connectivity index (χ4n) is 1.53. The van der Waals surface area contributed by atoms with Crippen LogP contribution in [0.2, 0.25) is 0 Å². The van der Waals surface area contributed by atoms with E-state index in [1.165, 1.54) is 6.08 Å². The second kappa shape index (κ2) is 3.72. The molecule has 1 rings (SSSR count). The lowest BCUT2D eigenvalue weighted by molar-refractivity contribution is -0.140. The summed E-state index contributed by atoms with van der Waals surface area (Å²) in [5.74, 6) is 0.559. The van der Waals surface area contributed by atoms with Crippen LogP contribution in [0.4, 0.5) is 0 Å². The van der Waals surface area contributed by atoms with Gasteiger partial charge < -0.3 is 9.64 Å². The van der Waals surface area contributed by atoms with Crippen molar-refractivity contribution >= 4 is 5.91 Å². The molecule has 0 spiro atoms. The average molecular weight is 169 g/mol. The molecule has 0 aromatic rings. The van der Waals surface area contributed by atoms with Gasteiger partial charge in [-0.05, 0) is 12.0 Å². The highest BCUT2D eigenvalue weighted by Gasteiger charge is 2.37. The predicted octanol–water partition coefficient (Wildman–Crippen LogP) is 0.666. The van der Waals surface area contributed by atoms with Crippen LogP contribution in [0, 0.1) is 5.92 Å². The standard InChI is InChI=1S/C9H15NO2/c1-4-9(11)10-5-7(2)8(10)6-12-3/h4,7-8H,1,5-6H2,2-3H3. The first kappa shape index (κ1) is 9.26. The summed E-state index contributed by atoms with van der Waals surface area (Å²) in [6.45, 7) is 7.03. The number of hydrogen-bond donors (Lipinski definition) is 0. The molecule has 1 aliphatic rings. The normalized spacial score (nSPS) is 28.0. The summed E-state index contributed by atoms with van der Waals surface area (Å²) >= 11 is 0. The van der Waals surface area contributed by atoms with Crippen LogP contribution < -0.4 is 0 Å². The Balaban J connectivity index is 2.47. The molecule has 1 amide bonds. The highest BCUT2D eigenvalue weighted by Crippen LogP contribution is 2.24. The van der Waals surface area contributed by atoms with E-state index in [4.69, 9.17) is 4.74 Å². The largest absolute Gasteiger partial charge is 0.383 e. The fraction of sp³-hybridized carbons (Fsp3) is 0.667. The Morgan fingerprint density at radius 1 is 1.83 bits per heavy atom. The van der Waals surface area contributed by atoms with Crippen LogP contribution in [0.3, 0.4) is 0 Å². The summed E-state index contributed by atoms with van der Waals surface area (Å²) in [6, 6.07) is 0.250. The zero-order valence-electron chi connectivity index (χ0n) is 7.62. The molecule has 0 aromatic heterocycles. The number of carbonyl (C=O) groups excluding carboxylic acids is 1. The van der Waals surface area contributed by atoms with Gasteiger partial charge in [-0.1, -0.05) is 13.5 Å². The van der Waals surface area contributed by atoms with E-state index in [0.29, 0.717) is 12.5 Å². The van der Waals surface area contributed by atoms with Crippen LogP contribution >= 0.6 is 0 Å². The molecule has 1 heterocycles. The summed E-state index contributed by atoms with van der Waals surface area (Å²) < 4.78 is 5.01. The van der Waals surface area contributed by atoms with E-state index in [-0.39, 0.29) is 11.9 Å². The van der Waals surface area contributed by atoms with Gasteiger partial charge in [0.2, 0.25) is 5.91 Å². The van der Waals surface area contributed by atoms with Crippen LogP contribution in [0.5, 0.6) is 0 Å². The molecule has 68 valence electrons. The van der Waals surface area contributed by atoms with E-state index < -0.39 is 0 Å². The number of amides is 1. The van der Waals surface area contributed by atoms with Crippen molar-refractivity contribution in [3.63, 3.8) is 0 Å². The van der Waals surface area contributed by atoms with E-state index in [2.05, 4.69) is 13.5 Å². The highest BCUT2D eigenvalue weighted by molar-refractivity contribution is 5.88. The van der Waals surface area contributed by atoms with Gasteiger partial charge in [-0.2, -0.15) is 0 Å². The van der Waals surface area contributed by atoms with Crippen molar-refractivity contribution in [2.75, 3.05) is 20.3 Å². The van der Waals surface area contributed by atoms with Crippen molar-refractivity contribution in [1.29, 1.82) is 0 Å². The summed E-state index contributed by atoms with van der Waals surface area (Å²) in [4.78, 5) is 13.0. The van der Waals surface area contributed by atoms with Crippen LogP contribution in [0.15, 0.2) is 12.7 Å². The smallest absolute Gasteiger partial charge is 0.246 e. The molecule has 0 radical (unpaired) electrons. The zero-order chi connectivity index (χ0) is 9.14. The number of carbonyl (C=O) groups is 1. The number of hydrogen-bond acceptors (Lipinski definition) is 2. The van der Waals surface area contributed by atoms with Crippen molar-refractivity contribution in [1.82, 2.24) is 4.90 Å². The van der Waals surface area contributed by atoms with E-state index in [9.17, 15) is 4.79 Å². The van der Waals surface area contributed by atoms with Gasteiger partial charge in [0.25, 0.3) is 0 Å². The fourth-order valence-corrected chi connectivity index (χ4v) is 1.53. The second-order valence-corrected chi connectivity index (χ2v) is 3.19. The molecular formula is C9H15NO2. The van der Waals surface area contributed by atoms with Gasteiger partial charge in [0.15, 0.2) is 0 Å². The SMILES string of the molecule is C=CC(=O)N1CC(C)C1COC. The Morgan fingerprint density at radius 3 is 2.92 bits per heavy atom. The first-order valence-electron chi connectivity index (χ1n) is 4.12. The van der Waals surface area contributed by atoms with Crippen LogP contribution in [0.1, 0.15) is 6.92 Å². The molecule has 0 saturated carbocycles. The summed E-state index contributed by atoms with van der Waals surface area (Å²) in [6.07, 6.45) is 1.36. The molecular weight excluding hydrogens is 154 g/mol. The number of rotatable bonds is 3. The Morgan fingerprint density at radius 2 is 2.50 bits per heavy atom. The number of nitrogens with zero attached hydrogens (tertiary/aromatic N) is 1. The summed E-state index contributed by atoms with van der Waals surface area (Å²) in [5.41, 5.74) is 0. The summed E-state index contributed by atoms with van der Waals surface area (Å²) in [7, 11) is 1.65. The zero-order valence-corrected chi connectivity index (χ0v) is 7.62. The topological polar surface area (TPSA) is 29.5 Å². The minimum absolute atomic E-state index is 0.00940. The van der Waals surface area contributed by atoms with Gasteiger partial charge >= 0.3 is 0 Å². The molecule has 0 aromatic carbocycles. The molecule has 2 unspecified atom stereocenters. The maximum Gasteiger partial charge on any atom is 0.246 e.